The minimum Gasteiger partial charge on any atom is -0.485 e. The number of carbonyl (C=O) groups excluding carboxylic acids is 1. The van der Waals surface area contributed by atoms with Crippen LogP contribution in [-0.4, -0.2) is 11.0 Å². The van der Waals surface area contributed by atoms with Gasteiger partial charge in [-0.1, -0.05) is 25.1 Å². The Bertz CT molecular complexity index is 725. The standard InChI is InChI=1S/C15H16FN5O2/c1-2-10-5-3-7-12(21-15(22)18-19-20-21)14(10)23-9-11-6-4-8-13(16)17-11/h3-8,19-20H,2,9H2,1H3,(H,18,22). The average Bonchev–Trinajstić information content (AvgIpc) is 2.98. The maximum Gasteiger partial charge on any atom is 0.353 e. The number of aryl methyl sites for hydroxylation is 1. The van der Waals surface area contributed by atoms with E-state index in [1.54, 1.807) is 18.2 Å². The van der Waals surface area contributed by atoms with Crippen molar-refractivity contribution in [2.24, 2.45) is 0 Å². The zero-order chi connectivity index (χ0) is 16.2. The van der Waals surface area contributed by atoms with Crippen LogP contribution in [0.2, 0.25) is 0 Å². The quantitative estimate of drug-likeness (QED) is 0.733. The number of benzene rings is 1. The van der Waals surface area contributed by atoms with E-state index in [0.717, 1.165) is 12.0 Å². The predicted octanol–water partition coefficient (Wildman–Crippen LogP) is 1.82. The summed E-state index contributed by atoms with van der Waals surface area (Å²) in [5.41, 5.74) is 9.60. The van der Waals surface area contributed by atoms with Gasteiger partial charge in [0.15, 0.2) is 0 Å². The summed E-state index contributed by atoms with van der Waals surface area (Å²) in [6, 6.07) is 9.69. The van der Waals surface area contributed by atoms with Gasteiger partial charge >= 0.3 is 6.03 Å². The molecule has 2 heterocycles. The Morgan fingerprint density at radius 3 is 2.78 bits per heavy atom. The van der Waals surface area contributed by atoms with Crippen LogP contribution >= 0.6 is 0 Å². The molecule has 1 aliphatic rings. The van der Waals surface area contributed by atoms with Crippen molar-refractivity contribution in [3.8, 4) is 5.75 Å². The lowest BCUT2D eigenvalue weighted by Gasteiger charge is -2.20. The largest absolute Gasteiger partial charge is 0.485 e. The number of rotatable bonds is 5. The number of anilines is 1. The first-order valence-electron chi connectivity index (χ1n) is 7.16. The van der Waals surface area contributed by atoms with Gasteiger partial charge in [0.1, 0.15) is 18.0 Å². The van der Waals surface area contributed by atoms with Gasteiger partial charge in [-0.15, -0.1) is 11.1 Å². The molecule has 0 atom stereocenters. The van der Waals surface area contributed by atoms with Crippen molar-refractivity contribution in [1.29, 1.82) is 0 Å². The van der Waals surface area contributed by atoms with Gasteiger partial charge < -0.3 is 4.74 Å². The fourth-order valence-electron chi connectivity index (χ4n) is 2.28. The molecule has 1 saturated heterocycles. The van der Waals surface area contributed by atoms with E-state index in [-0.39, 0.29) is 12.6 Å². The Kier molecular flexibility index (Phi) is 4.35. The summed E-state index contributed by atoms with van der Waals surface area (Å²) in [7, 11) is 0. The first-order chi connectivity index (χ1) is 11.2. The number of carbonyl (C=O) groups is 1. The number of para-hydroxylation sites is 1. The van der Waals surface area contributed by atoms with Gasteiger partial charge in [-0.05, 0) is 30.2 Å². The lowest BCUT2D eigenvalue weighted by molar-refractivity contribution is 0.250. The molecule has 0 saturated carbocycles. The summed E-state index contributed by atoms with van der Waals surface area (Å²) in [5.74, 6) is -0.00713. The van der Waals surface area contributed by atoms with Crippen LogP contribution in [0.15, 0.2) is 36.4 Å². The fraction of sp³-hybridized carbons (Fsp3) is 0.200. The van der Waals surface area contributed by atoms with Crippen LogP contribution in [0.1, 0.15) is 18.2 Å². The third-order valence-corrected chi connectivity index (χ3v) is 3.37. The van der Waals surface area contributed by atoms with Crippen LogP contribution < -0.4 is 26.2 Å². The lowest BCUT2D eigenvalue weighted by atomic mass is 10.1. The molecular formula is C15H16FN5O2. The number of hydrogen-bond donors (Lipinski definition) is 3. The van der Waals surface area contributed by atoms with E-state index in [0.29, 0.717) is 17.1 Å². The monoisotopic (exact) mass is 317 g/mol. The molecule has 1 aromatic carbocycles. The third-order valence-electron chi connectivity index (χ3n) is 3.37. The molecule has 7 nitrogen and oxygen atoms in total. The first-order valence-corrected chi connectivity index (χ1v) is 7.16. The van der Waals surface area contributed by atoms with Gasteiger partial charge in [-0.3, -0.25) is 5.43 Å². The number of pyridine rings is 1. The van der Waals surface area contributed by atoms with Gasteiger partial charge in [0, 0.05) is 0 Å². The third kappa shape index (κ3) is 3.22. The Labute approximate surface area is 132 Å². The van der Waals surface area contributed by atoms with Gasteiger partial charge in [0.25, 0.3) is 0 Å². The van der Waals surface area contributed by atoms with Crippen molar-refractivity contribution in [3.05, 3.63) is 53.6 Å². The minimum absolute atomic E-state index is 0.102. The normalized spacial score (nSPS) is 14.0. The molecule has 3 N–H and O–H groups in total. The maximum atomic E-state index is 13.2. The summed E-state index contributed by atoms with van der Waals surface area (Å²) in [4.78, 5) is 15.6. The predicted molar refractivity (Wildman–Crippen MR) is 81.6 cm³/mol. The maximum absolute atomic E-state index is 13.2. The molecule has 1 aromatic heterocycles. The summed E-state index contributed by atoms with van der Waals surface area (Å²) < 4.78 is 19.0. The zero-order valence-corrected chi connectivity index (χ0v) is 12.5. The molecule has 0 unspecified atom stereocenters. The van der Waals surface area contributed by atoms with Crippen molar-refractivity contribution < 1.29 is 13.9 Å². The second-order valence-corrected chi connectivity index (χ2v) is 4.86. The molecule has 8 heteroatoms. The zero-order valence-electron chi connectivity index (χ0n) is 12.5. The van der Waals surface area contributed by atoms with E-state index in [4.69, 9.17) is 4.74 Å². The number of nitrogens with one attached hydrogen (secondary N) is 3. The van der Waals surface area contributed by atoms with E-state index in [1.807, 2.05) is 19.1 Å². The fourth-order valence-corrected chi connectivity index (χ4v) is 2.28. The number of urea groups is 1. The van der Waals surface area contributed by atoms with Crippen molar-refractivity contribution in [2.75, 3.05) is 5.01 Å². The van der Waals surface area contributed by atoms with Crippen molar-refractivity contribution in [3.63, 3.8) is 0 Å². The van der Waals surface area contributed by atoms with Crippen LogP contribution in [0.4, 0.5) is 14.9 Å². The molecule has 0 bridgehead atoms. The molecule has 0 spiro atoms. The first kappa shape index (κ1) is 15.2. The number of aromatic nitrogens is 1. The van der Waals surface area contributed by atoms with Crippen LogP contribution in [0.3, 0.4) is 0 Å². The molecule has 2 aromatic rings. The molecule has 0 radical (unpaired) electrons. The SMILES string of the molecule is CCc1cccc(N2NNNC2=O)c1OCc1cccc(F)n1. The molecule has 3 rings (SSSR count). The van der Waals surface area contributed by atoms with E-state index in [1.165, 1.54) is 11.1 Å². The van der Waals surface area contributed by atoms with Crippen LogP contribution in [0.25, 0.3) is 0 Å². The van der Waals surface area contributed by atoms with E-state index in [2.05, 4.69) is 21.5 Å². The number of halogens is 1. The Hall–Kier alpha value is -2.71. The van der Waals surface area contributed by atoms with E-state index >= 15 is 0 Å². The Balaban J connectivity index is 1.88. The van der Waals surface area contributed by atoms with Gasteiger partial charge in [-0.25, -0.2) is 14.8 Å². The molecule has 2 amide bonds. The summed E-state index contributed by atoms with van der Waals surface area (Å²) in [6.07, 6.45) is 0.725. The highest BCUT2D eigenvalue weighted by molar-refractivity contribution is 5.93. The average molecular weight is 317 g/mol. The molecule has 1 fully saturated rings. The number of amides is 2. The summed E-state index contributed by atoms with van der Waals surface area (Å²) >= 11 is 0. The number of nitrogens with zero attached hydrogens (tertiary/aromatic N) is 2. The topological polar surface area (TPSA) is 78.5 Å². The highest BCUT2D eigenvalue weighted by atomic mass is 19.1. The van der Waals surface area contributed by atoms with Gasteiger partial charge in [0.2, 0.25) is 5.95 Å². The Morgan fingerprint density at radius 2 is 2.09 bits per heavy atom. The smallest absolute Gasteiger partial charge is 0.353 e. The molecule has 0 aliphatic carbocycles. The van der Waals surface area contributed by atoms with Crippen LogP contribution in [0, 0.1) is 5.95 Å². The molecule has 23 heavy (non-hydrogen) atoms. The highest BCUT2D eigenvalue weighted by Crippen LogP contribution is 2.33. The summed E-state index contributed by atoms with van der Waals surface area (Å²) in [6.45, 7) is 2.09. The van der Waals surface area contributed by atoms with Gasteiger partial charge in [0.05, 0.1) is 5.69 Å². The van der Waals surface area contributed by atoms with Crippen LogP contribution in [-0.2, 0) is 13.0 Å². The highest BCUT2D eigenvalue weighted by Gasteiger charge is 2.25. The molecule has 120 valence electrons. The molecular weight excluding hydrogens is 301 g/mol. The van der Waals surface area contributed by atoms with Crippen molar-refractivity contribution in [2.45, 2.75) is 20.0 Å². The molecule has 1 aliphatic heterocycles. The summed E-state index contributed by atoms with van der Waals surface area (Å²) in [5, 5.41) is 1.30. The lowest BCUT2D eigenvalue weighted by Crippen LogP contribution is -2.38. The number of ether oxygens (including phenoxy) is 1. The Morgan fingerprint density at radius 1 is 1.26 bits per heavy atom. The second-order valence-electron chi connectivity index (χ2n) is 4.86. The number of hydrogen-bond acceptors (Lipinski definition) is 5. The van der Waals surface area contributed by atoms with Gasteiger partial charge in [-0.2, -0.15) is 4.39 Å². The van der Waals surface area contributed by atoms with Crippen molar-refractivity contribution >= 4 is 11.7 Å². The van der Waals surface area contributed by atoms with E-state index in [9.17, 15) is 9.18 Å². The number of hydrazine groups is 3. The van der Waals surface area contributed by atoms with Crippen LogP contribution in [0.5, 0.6) is 5.75 Å². The minimum atomic E-state index is -0.556. The second kappa shape index (κ2) is 6.59. The van der Waals surface area contributed by atoms with E-state index < -0.39 is 5.95 Å². The van der Waals surface area contributed by atoms with Crippen molar-refractivity contribution in [1.82, 2.24) is 21.5 Å².